The molecule has 1 N–H and O–H groups in total. The number of hydrogen-bond donors (Lipinski definition) is 1. The summed E-state index contributed by atoms with van der Waals surface area (Å²) in [7, 11) is 0. The Morgan fingerprint density at radius 3 is 2.95 bits per heavy atom. The number of hydrogen-bond acceptors (Lipinski definition) is 2. The van der Waals surface area contributed by atoms with Gasteiger partial charge in [0.25, 0.3) is 0 Å². The highest BCUT2D eigenvalue weighted by Crippen LogP contribution is 2.44. The summed E-state index contributed by atoms with van der Waals surface area (Å²) in [6.45, 7) is 2.18. The fourth-order valence-corrected chi connectivity index (χ4v) is 3.58. The maximum absolute atomic E-state index is 11.3. The first-order valence-corrected chi connectivity index (χ1v) is 7.32. The van der Waals surface area contributed by atoms with Crippen molar-refractivity contribution in [1.82, 2.24) is 4.98 Å². The Hall–Kier alpha value is -1.41. The van der Waals surface area contributed by atoms with Gasteiger partial charge in [-0.05, 0) is 24.8 Å². The number of aliphatic hydroxyl groups is 1. The smallest absolute Gasteiger partial charge is 0.0945 e. The largest absolute Gasteiger partial charge is 0.385 e. The number of fused-ring (bicyclic) bond motifs is 1. The van der Waals surface area contributed by atoms with Crippen LogP contribution in [-0.4, -0.2) is 10.1 Å². The molecule has 0 spiro atoms. The minimum atomic E-state index is -0.694. The van der Waals surface area contributed by atoms with Crippen LogP contribution in [-0.2, 0) is 5.60 Å². The number of pyridine rings is 1. The van der Waals surface area contributed by atoms with Crippen molar-refractivity contribution in [2.75, 3.05) is 0 Å². The summed E-state index contributed by atoms with van der Waals surface area (Å²) in [6, 6.07) is 10.2. The van der Waals surface area contributed by atoms with E-state index in [4.69, 9.17) is 0 Å². The molecule has 0 radical (unpaired) electrons. The number of rotatable bonds is 2. The van der Waals surface area contributed by atoms with Crippen molar-refractivity contribution in [1.29, 1.82) is 0 Å². The average Bonchev–Trinajstić information content (AvgIpc) is 2.47. The van der Waals surface area contributed by atoms with Crippen LogP contribution in [0.3, 0.4) is 0 Å². The molecule has 0 amide bonds. The fraction of sp³-hybridized carbons (Fsp3) is 0.471. The van der Waals surface area contributed by atoms with Crippen LogP contribution in [0.1, 0.15) is 44.6 Å². The quantitative estimate of drug-likeness (QED) is 0.879. The van der Waals surface area contributed by atoms with Gasteiger partial charge in [0.05, 0.1) is 11.1 Å². The third-order valence-corrected chi connectivity index (χ3v) is 4.63. The van der Waals surface area contributed by atoms with Crippen LogP contribution in [0.25, 0.3) is 10.9 Å². The summed E-state index contributed by atoms with van der Waals surface area (Å²) >= 11 is 0. The first-order chi connectivity index (χ1) is 9.25. The molecular weight excluding hydrogens is 234 g/mol. The number of para-hydroxylation sites is 1. The second kappa shape index (κ2) is 4.93. The van der Waals surface area contributed by atoms with Gasteiger partial charge in [0.15, 0.2) is 0 Å². The van der Waals surface area contributed by atoms with Crippen molar-refractivity contribution in [2.24, 2.45) is 5.92 Å². The summed E-state index contributed by atoms with van der Waals surface area (Å²) in [4.78, 5) is 4.51. The van der Waals surface area contributed by atoms with E-state index in [1.54, 1.807) is 0 Å². The van der Waals surface area contributed by atoms with Crippen LogP contribution in [0.15, 0.2) is 36.5 Å². The van der Waals surface area contributed by atoms with E-state index in [1.165, 1.54) is 6.42 Å². The highest BCUT2D eigenvalue weighted by Gasteiger charge is 2.40. The molecule has 1 aliphatic carbocycles. The zero-order chi connectivity index (χ0) is 13.3. The number of aromatic nitrogens is 1. The molecule has 1 saturated carbocycles. The molecule has 1 aromatic carbocycles. The van der Waals surface area contributed by atoms with Crippen LogP contribution in [0.2, 0.25) is 0 Å². The molecule has 2 atom stereocenters. The highest BCUT2D eigenvalue weighted by atomic mass is 16.3. The summed E-state index contributed by atoms with van der Waals surface area (Å²) < 4.78 is 0. The van der Waals surface area contributed by atoms with Crippen molar-refractivity contribution in [3.63, 3.8) is 0 Å². The molecule has 2 heteroatoms. The molecule has 1 fully saturated rings. The van der Waals surface area contributed by atoms with E-state index in [1.807, 2.05) is 18.3 Å². The predicted molar refractivity (Wildman–Crippen MR) is 77.9 cm³/mol. The topological polar surface area (TPSA) is 33.1 Å². The van der Waals surface area contributed by atoms with Gasteiger partial charge in [-0.1, -0.05) is 50.5 Å². The summed E-state index contributed by atoms with van der Waals surface area (Å²) in [6.07, 6.45) is 7.17. The second-order valence-electron chi connectivity index (χ2n) is 5.66. The Labute approximate surface area is 114 Å². The van der Waals surface area contributed by atoms with Crippen LogP contribution >= 0.6 is 0 Å². The standard InChI is InChI=1S/C17H21NO/c1-2-14-9-3-4-11-17(14,19)15-10-5-7-13-8-6-12-18-16(13)15/h5-8,10,12,14,19H,2-4,9,11H2,1H3. The lowest BCUT2D eigenvalue weighted by Gasteiger charge is -2.40. The highest BCUT2D eigenvalue weighted by molar-refractivity contribution is 5.82. The zero-order valence-corrected chi connectivity index (χ0v) is 11.5. The molecular formula is C17H21NO. The van der Waals surface area contributed by atoms with E-state index in [9.17, 15) is 5.11 Å². The van der Waals surface area contributed by atoms with Crippen molar-refractivity contribution >= 4 is 10.9 Å². The third kappa shape index (κ3) is 2.04. The first-order valence-electron chi connectivity index (χ1n) is 7.32. The zero-order valence-electron chi connectivity index (χ0n) is 11.5. The first kappa shape index (κ1) is 12.6. The van der Waals surface area contributed by atoms with Gasteiger partial charge in [-0.15, -0.1) is 0 Å². The molecule has 1 heterocycles. The minimum Gasteiger partial charge on any atom is -0.385 e. The van der Waals surface area contributed by atoms with Gasteiger partial charge < -0.3 is 5.11 Å². The molecule has 1 aliphatic rings. The van der Waals surface area contributed by atoms with E-state index >= 15 is 0 Å². The Morgan fingerprint density at radius 1 is 1.26 bits per heavy atom. The Kier molecular flexibility index (Phi) is 3.28. The average molecular weight is 255 g/mol. The number of benzene rings is 1. The molecule has 100 valence electrons. The van der Waals surface area contributed by atoms with Gasteiger partial charge >= 0.3 is 0 Å². The van der Waals surface area contributed by atoms with E-state index < -0.39 is 5.60 Å². The van der Waals surface area contributed by atoms with Crippen molar-refractivity contribution in [3.8, 4) is 0 Å². The van der Waals surface area contributed by atoms with Gasteiger partial charge in [-0.25, -0.2) is 0 Å². The van der Waals surface area contributed by atoms with Crippen LogP contribution in [0, 0.1) is 5.92 Å². The van der Waals surface area contributed by atoms with Crippen LogP contribution < -0.4 is 0 Å². The third-order valence-electron chi connectivity index (χ3n) is 4.63. The molecule has 1 aromatic heterocycles. The van der Waals surface area contributed by atoms with Crippen LogP contribution in [0.5, 0.6) is 0 Å². The fourth-order valence-electron chi connectivity index (χ4n) is 3.58. The Morgan fingerprint density at radius 2 is 2.11 bits per heavy atom. The normalized spacial score (nSPS) is 27.6. The van der Waals surface area contributed by atoms with Crippen molar-refractivity contribution in [3.05, 3.63) is 42.1 Å². The van der Waals surface area contributed by atoms with Crippen molar-refractivity contribution in [2.45, 2.75) is 44.6 Å². The second-order valence-corrected chi connectivity index (χ2v) is 5.66. The molecule has 0 aliphatic heterocycles. The summed E-state index contributed by atoms with van der Waals surface area (Å²) in [5, 5.41) is 12.4. The Bertz CT molecular complexity index is 575. The van der Waals surface area contributed by atoms with E-state index in [2.05, 4.69) is 30.1 Å². The lowest BCUT2D eigenvalue weighted by Crippen LogP contribution is -2.38. The predicted octanol–water partition coefficient (Wildman–Crippen LogP) is 4.02. The summed E-state index contributed by atoms with van der Waals surface area (Å²) in [5.74, 6) is 0.355. The van der Waals surface area contributed by atoms with Gasteiger partial charge in [0, 0.05) is 17.1 Å². The van der Waals surface area contributed by atoms with E-state index in [0.29, 0.717) is 5.92 Å². The lowest BCUT2D eigenvalue weighted by atomic mass is 9.70. The molecule has 2 nitrogen and oxygen atoms in total. The molecule has 0 saturated heterocycles. The SMILES string of the molecule is CCC1CCCCC1(O)c1cccc2cccnc12. The van der Waals surface area contributed by atoms with Gasteiger partial charge in [-0.2, -0.15) is 0 Å². The Balaban J connectivity index is 2.16. The molecule has 0 bridgehead atoms. The molecule has 3 rings (SSSR count). The monoisotopic (exact) mass is 255 g/mol. The van der Waals surface area contributed by atoms with Gasteiger partial charge in [0.2, 0.25) is 0 Å². The van der Waals surface area contributed by atoms with E-state index in [-0.39, 0.29) is 0 Å². The maximum atomic E-state index is 11.3. The maximum Gasteiger partial charge on any atom is 0.0945 e. The van der Waals surface area contributed by atoms with E-state index in [0.717, 1.165) is 42.1 Å². The minimum absolute atomic E-state index is 0.355. The van der Waals surface area contributed by atoms with Gasteiger partial charge in [-0.3, -0.25) is 4.98 Å². The van der Waals surface area contributed by atoms with Crippen molar-refractivity contribution < 1.29 is 5.11 Å². The number of nitrogens with zero attached hydrogens (tertiary/aromatic N) is 1. The molecule has 2 aromatic rings. The summed E-state index contributed by atoms with van der Waals surface area (Å²) in [5.41, 5.74) is 1.30. The van der Waals surface area contributed by atoms with Gasteiger partial charge in [0.1, 0.15) is 0 Å². The molecule has 19 heavy (non-hydrogen) atoms. The lowest BCUT2D eigenvalue weighted by molar-refractivity contribution is -0.0546. The van der Waals surface area contributed by atoms with Crippen LogP contribution in [0.4, 0.5) is 0 Å². The molecule has 2 unspecified atom stereocenters.